The van der Waals surface area contributed by atoms with Gasteiger partial charge in [-0.05, 0) is 67.6 Å². The molecule has 152 valence electrons. The fraction of sp³-hybridized carbons (Fsp3) is 0.480. The van der Waals surface area contributed by atoms with Crippen molar-refractivity contribution in [2.45, 2.75) is 45.4 Å². The van der Waals surface area contributed by atoms with Crippen LogP contribution in [0.5, 0.6) is 5.75 Å². The van der Waals surface area contributed by atoms with Crippen LogP contribution in [0.3, 0.4) is 0 Å². The van der Waals surface area contributed by atoms with Crippen molar-refractivity contribution in [1.29, 1.82) is 0 Å². The van der Waals surface area contributed by atoms with Gasteiger partial charge in [-0.15, -0.1) is 0 Å². The van der Waals surface area contributed by atoms with Crippen molar-refractivity contribution in [3.63, 3.8) is 0 Å². The molecule has 0 aliphatic carbocycles. The molecule has 0 aliphatic heterocycles. The highest BCUT2D eigenvalue weighted by molar-refractivity contribution is 5.53. The second kappa shape index (κ2) is 11.0. The van der Waals surface area contributed by atoms with Gasteiger partial charge in [0.1, 0.15) is 18.6 Å². The molecule has 2 unspecified atom stereocenters. The Hall–Kier alpha value is -2.13. The number of benzene rings is 2. The zero-order chi connectivity index (χ0) is 20.5. The number of carbonyl (C=O) groups excluding carboxylic acids is 1. The Kier molecular flexibility index (Phi) is 8.72. The van der Waals surface area contributed by atoms with E-state index >= 15 is 0 Å². The molecule has 0 N–H and O–H groups in total. The van der Waals surface area contributed by atoms with Crippen LogP contribution >= 0.6 is 0 Å². The number of ether oxygens (including phenoxy) is 1. The molecule has 0 fully saturated rings. The predicted octanol–water partition coefficient (Wildman–Crippen LogP) is 5.30. The van der Waals surface area contributed by atoms with Gasteiger partial charge in [0.15, 0.2) is 0 Å². The SMILES string of the molecule is CC(C=O)CC(Cc1ccc(OCCN(C)C)cc1)c1cccc(C(C)C)c1. The van der Waals surface area contributed by atoms with Crippen molar-refractivity contribution < 1.29 is 9.53 Å². The van der Waals surface area contributed by atoms with Gasteiger partial charge in [0, 0.05) is 12.5 Å². The first-order chi connectivity index (χ1) is 13.4. The van der Waals surface area contributed by atoms with Gasteiger partial charge >= 0.3 is 0 Å². The molecule has 0 saturated heterocycles. The molecule has 2 aromatic carbocycles. The van der Waals surface area contributed by atoms with Crippen molar-refractivity contribution in [2.24, 2.45) is 5.92 Å². The summed E-state index contributed by atoms with van der Waals surface area (Å²) in [5.74, 6) is 1.80. The van der Waals surface area contributed by atoms with Gasteiger partial charge < -0.3 is 14.4 Å². The minimum Gasteiger partial charge on any atom is -0.492 e. The normalized spacial score (nSPS) is 13.5. The van der Waals surface area contributed by atoms with Crippen LogP contribution in [0.2, 0.25) is 0 Å². The Morgan fingerprint density at radius 3 is 2.29 bits per heavy atom. The van der Waals surface area contributed by atoms with Crippen molar-refractivity contribution in [3.05, 3.63) is 65.2 Å². The van der Waals surface area contributed by atoms with Crippen LogP contribution in [0.4, 0.5) is 0 Å². The summed E-state index contributed by atoms with van der Waals surface area (Å²) in [6.07, 6.45) is 2.87. The van der Waals surface area contributed by atoms with Crippen LogP contribution in [0.25, 0.3) is 0 Å². The first-order valence-corrected chi connectivity index (χ1v) is 10.3. The van der Waals surface area contributed by atoms with Gasteiger partial charge in [-0.1, -0.05) is 57.2 Å². The van der Waals surface area contributed by atoms with E-state index < -0.39 is 0 Å². The van der Waals surface area contributed by atoms with Crippen molar-refractivity contribution in [1.82, 2.24) is 4.90 Å². The number of nitrogens with zero attached hydrogens (tertiary/aromatic N) is 1. The van der Waals surface area contributed by atoms with Crippen molar-refractivity contribution in [2.75, 3.05) is 27.2 Å². The van der Waals surface area contributed by atoms with Gasteiger partial charge in [-0.25, -0.2) is 0 Å². The zero-order valence-electron chi connectivity index (χ0n) is 18.0. The summed E-state index contributed by atoms with van der Waals surface area (Å²) in [7, 11) is 4.09. The Labute approximate surface area is 170 Å². The number of rotatable bonds is 11. The molecular formula is C25H35NO2. The summed E-state index contributed by atoms with van der Waals surface area (Å²) < 4.78 is 5.80. The number of hydrogen-bond donors (Lipinski definition) is 0. The van der Waals surface area contributed by atoms with E-state index in [0.717, 1.165) is 31.4 Å². The lowest BCUT2D eigenvalue weighted by molar-refractivity contribution is -0.110. The van der Waals surface area contributed by atoms with Crippen molar-refractivity contribution >= 4 is 6.29 Å². The summed E-state index contributed by atoms with van der Waals surface area (Å²) in [5.41, 5.74) is 3.95. The van der Waals surface area contributed by atoms with Gasteiger partial charge in [0.2, 0.25) is 0 Å². The van der Waals surface area contributed by atoms with E-state index in [2.05, 4.69) is 67.3 Å². The monoisotopic (exact) mass is 381 g/mol. The molecule has 3 heteroatoms. The number of likely N-dealkylation sites (N-methyl/N-ethyl adjacent to an activating group) is 1. The van der Waals surface area contributed by atoms with Gasteiger partial charge in [-0.2, -0.15) is 0 Å². The van der Waals surface area contributed by atoms with Crippen LogP contribution < -0.4 is 4.74 Å². The molecule has 0 amide bonds. The molecule has 3 nitrogen and oxygen atoms in total. The summed E-state index contributed by atoms with van der Waals surface area (Å²) in [6, 6.07) is 17.2. The second-order valence-corrected chi connectivity index (χ2v) is 8.37. The lowest BCUT2D eigenvalue weighted by atomic mass is 9.84. The molecule has 2 rings (SSSR count). The van der Waals surface area contributed by atoms with Crippen LogP contribution in [0, 0.1) is 5.92 Å². The van der Waals surface area contributed by atoms with Gasteiger partial charge in [-0.3, -0.25) is 0 Å². The third-order valence-electron chi connectivity index (χ3n) is 5.15. The molecule has 0 heterocycles. The molecule has 0 saturated carbocycles. The molecule has 2 atom stereocenters. The third kappa shape index (κ3) is 7.12. The Bertz CT molecular complexity index is 722. The zero-order valence-corrected chi connectivity index (χ0v) is 18.0. The molecule has 0 aliphatic rings. The van der Waals surface area contributed by atoms with E-state index in [1.165, 1.54) is 16.7 Å². The lowest BCUT2D eigenvalue weighted by Crippen LogP contribution is -2.19. The first kappa shape index (κ1) is 22.2. The smallest absolute Gasteiger partial charge is 0.122 e. The van der Waals surface area contributed by atoms with E-state index in [0.29, 0.717) is 18.4 Å². The number of aldehydes is 1. The summed E-state index contributed by atoms with van der Waals surface area (Å²) in [5, 5.41) is 0. The maximum absolute atomic E-state index is 11.3. The summed E-state index contributed by atoms with van der Waals surface area (Å²) in [6.45, 7) is 8.04. The standard InChI is InChI=1S/C25H35NO2/c1-19(2)22-7-6-8-23(17-22)24(15-20(3)18-27)16-21-9-11-25(12-10-21)28-14-13-26(4)5/h6-12,17-20,24H,13-16H2,1-5H3. The molecular weight excluding hydrogens is 346 g/mol. The fourth-order valence-electron chi connectivity index (χ4n) is 3.37. The lowest BCUT2D eigenvalue weighted by Gasteiger charge is -2.21. The molecule has 0 aromatic heterocycles. The maximum atomic E-state index is 11.3. The largest absolute Gasteiger partial charge is 0.492 e. The van der Waals surface area contributed by atoms with Gasteiger partial charge in [0.05, 0.1) is 0 Å². The van der Waals surface area contributed by atoms with E-state index in [1.807, 2.05) is 21.0 Å². The predicted molar refractivity (Wildman–Crippen MR) is 117 cm³/mol. The first-order valence-electron chi connectivity index (χ1n) is 10.3. The highest BCUT2D eigenvalue weighted by Gasteiger charge is 2.17. The highest BCUT2D eigenvalue weighted by Crippen LogP contribution is 2.30. The average Bonchev–Trinajstić information content (AvgIpc) is 2.68. The minimum absolute atomic E-state index is 0.0568. The second-order valence-electron chi connectivity index (χ2n) is 8.37. The van der Waals surface area contributed by atoms with E-state index in [1.54, 1.807) is 0 Å². The molecule has 2 aromatic rings. The Morgan fingerprint density at radius 2 is 1.68 bits per heavy atom. The van der Waals surface area contributed by atoms with Crippen LogP contribution in [-0.4, -0.2) is 38.4 Å². The average molecular weight is 382 g/mol. The fourth-order valence-corrected chi connectivity index (χ4v) is 3.37. The maximum Gasteiger partial charge on any atom is 0.122 e. The van der Waals surface area contributed by atoms with Crippen LogP contribution in [0.15, 0.2) is 48.5 Å². The Balaban J connectivity index is 2.12. The summed E-state index contributed by atoms with van der Waals surface area (Å²) >= 11 is 0. The molecule has 28 heavy (non-hydrogen) atoms. The van der Waals surface area contributed by atoms with Crippen molar-refractivity contribution in [3.8, 4) is 5.75 Å². The third-order valence-corrected chi connectivity index (χ3v) is 5.15. The van der Waals surface area contributed by atoms with E-state index in [-0.39, 0.29) is 5.92 Å². The molecule has 0 radical (unpaired) electrons. The topological polar surface area (TPSA) is 29.5 Å². The molecule has 0 bridgehead atoms. The number of carbonyl (C=O) groups is 1. The quantitative estimate of drug-likeness (QED) is 0.495. The van der Waals surface area contributed by atoms with Crippen LogP contribution in [-0.2, 0) is 11.2 Å². The summed E-state index contributed by atoms with van der Waals surface area (Å²) in [4.78, 5) is 13.4. The molecule has 0 spiro atoms. The Morgan fingerprint density at radius 1 is 1.00 bits per heavy atom. The van der Waals surface area contributed by atoms with Crippen LogP contribution in [0.1, 0.15) is 55.7 Å². The number of hydrogen-bond acceptors (Lipinski definition) is 3. The van der Waals surface area contributed by atoms with E-state index in [9.17, 15) is 4.79 Å². The highest BCUT2D eigenvalue weighted by atomic mass is 16.5. The van der Waals surface area contributed by atoms with E-state index in [4.69, 9.17) is 4.74 Å². The minimum atomic E-state index is 0.0568. The van der Waals surface area contributed by atoms with Gasteiger partial charge in [0.25, 0.3) is 0 Å².